The molecule has 1 amide bonds. The highest BCUT2D eigenvalue weighted by Crippen LogP contribution is 2.32. The summed E-state index contributed by atoms with van der Waals surface area (Å²) in [4.78, 5) is 13.3. The Morgan fingerprint density at radius 1 is 1.13 bits per heavy atom. The third kappa shape index (κ3) is 4.03. The molecule has 0 aliphatic carbocycles. The Bertz CT molecular complexity index is 1030. The minimum absolute atomic E-state index is 0.0886. The lowest BCUT2D eigenvalue weighted by Crippen LogP contribution is -2.29. The highest BCUT2D eigenvalue weighted by molar-refractivity contribution is 6.05. The van der Waals surface area contributed by atoms with Crippen molar-refractivity contribution in [3.8, 4) is 5.69 Å². The van der Waals surface area contributed by atoms with E-state index in [1.165, 1.54) is 5.56 Å². The highest BCUT2D eigenvalue weighted by Gasteiger charge is 2.28. The highest BCUT2D eigenvalue weighted by atomic mass is 16.1. The molecule has 3 aromatic rings. The van der Waals surface area contributed by atoms with Crippen LogP contribution >= 0.6 is 0 Å². The standard InChI is InChI=1S/C25H30N4O/c1-4-19-9-6-10-21(15-19)28-25(30)22-16-27-29(23-17(2)7-5-8-18(23)3)24(22)20-11-13-26-14-12-20/h5-10,15-16,20,26H,4,11-14H2,1-3H3,(H,28,30). The van der Waals surface area contributed by atoms with Gasteiger partial charge < -0.3 is 10.6 Å². The van der Waals surface area contributed by atoms with Crippen LogP contribution in [0.4, 0.5) is 5.69 Å². The van der Waals surface area contributed by atoms with Gasteiger partial charge in [-0.15, -0.1) is 0 Å². The maximum atomic E-state index is 13.3. The van der Waals surface area contributed by atoms with Crippen molar-refractivity contribution in [2.75, 3.05) is 18.4 Å². The molecule has 1 saturated heterocycles. The van der Waals surface area contributed by atoms with Crippen LogP contribution in [-0.4, -0.2) is 28.8 Å². The number of nitrogens with one attached hydrogen (secondary N) is 2. The third-order valence-electron chi connectivity index (χ3n) is 6.02. The van der Waals surface area contributed by atoms with Gasteiger partial charge in [0.05, 0.1) is 23.1 Å². The number of amides is 1. The number of anilines is 1. The maximum Gasteiger partial charge on any atom is 0.259 e. The van der Waals surface area contributed by atoms with Gasteiger partial charge in [-0.05, 0) is 75.0 Å². The van der Waals surface area contributed by atoms with Crippen LogP contribution in [0.2, 0.25) is 0 Å². The molecule has 0 unspecified atom stereocenters. The van der Waals surface area contributed by atoms with Crippen LogP contribution in [0.5, 0.6) is 0 Å². The number of para-hydroxylation sites is 1. The summed E-state index contributed by atoms with van der Waals surface area (Å²) >= 11 is 0. The molecule has 1 fully saturated rings. The average molecular weight is 403 g/mol. The predicted octanol–water partition coefficient (Wildman–Crippen LogP) is 4.77. The van der Waals surface area contributed by atoms with Crippen molar-refractivity contribution in [1.82, 2.24) is 15.1 Å². The van der Waals surface area contributed by atoms with Crippen LogP contribution in [0.25, 0.3) is 5.69 Å². The van der Waals surface area contributed by atoms with Crippen molar-refractivity contribution >= 4 is 11.6 Å². The lowest BCUT2D eigenvalue weighted by Gasteiger charge is -2.25. The Morgan fingerprint density at radius 2 is 1.83 bits per heavy atom. The Kier molecular flexibility index (Phi) is 6.00. The molecular weight excluding hydrogens is 372 g/mol. The summed E-state index contributed by atoms with van der Waals surface area (Å²) < 4.78 is 2.01. The number of aromatic nitrogens is 2. The van der Waals surface area contributed by atoms with Crippen molar-refractivity contribution in [1.29, 1.82) is 0 Å². The molecule has 2 aromatic carbocycles. The monoisotopic (exact) mass is 402 g/mol. The second kappa shape index (κ2) is 8.84. The first-order chi connectivity index (χ1) is 14.6. The zero-order chi connectivity index (χ0) is 21.1. The summed E-state index contributed by atoms with van der Waals surface area (Å²) in [6.07, 6.45) is 4.68. The van der Waals surface area contributed by atoms with E-state index < -0.39 is 0 Å². The zero-order valence-electron chi connectivity index (χ0n) is 18.0. The summed E-state index contributed by atoms with van der Waals surface area (Å²) in [7, 11) is 0. The fourth-order valence-electron chi connectivity index (χ4n) is 4.41. The zero-order valence-corrected chi connectivity index (χ0v) is 18.0. The van der Waals surface area contributed by atoms with Crippen LogP contribution in [-0.2, 0) is 6.42 Å². The molecule has 5 nitrogen and oxygen atoms in total. The Hall–Kier alpha value is -2.92. The van der Waals surface area contributed by atoms with Gasteiger partial charge in [0.15, 0.2) is 0 Å². The van der Waals surface area contributed by atoms with E-state index in [1.54, 1.807) is 6.20 Å². The first-order valence-corrected chi connectivity index (χ1v) is 10.8. The lowest BCUT2D eigenvalue weighted by molar-refractivity contribution is 0.102. The maximum absolute atomic E-state index is 13.3. The lowest BCUT2D eigenvalue weighted by atomic mass is 9.91. The first kappa shape index (κ1) is 20.4. The Labute approximate surface area is 178 Å². The molecule has 0 saturated carbocycles. The van der Waals surface area contributed by atoms with Gasteiger partial charge in [-0.25, -0.2) is 4.68 Å². The molecule has 156 valence electrons. The number of rotatable bonds is 5. The molecule has 5 heteroatoms. The second-order valence-electron chi connectivity index (χ2n) is 8.13. The van der Waals surface area contributed by atoms with Crippen molar-refractivity contribution in [3.63, 3.8) is 0 Å². The number of hydrogen-bond acceptors (Lipinski definition) is 3. The molecule has 0 atom stereocenters. The van der Waals surface area contributed by atoms with E-state index in [9.17, 15) is 4.79 Å². The number of carbonyl (C=O) groups is 1. The Balaban J connectivity index is 1.76. The van der Waals surface area contributed by atoms with E-state index in [0.717, 1.165) is 60.5 Å². The van der Waals surface area contributed by atoms with Crippen molar-refractivity contribution in [3.05, 3.63) is 76.6 Å². The molecule has 0 radical (unpaired) electrons. The van der Waals surface area contributed by atoms with E-state index >= 15 is 0 Å². The van der Waals surface area contributed by atoms with E-state index in [0.29, 0.717) is 11.5 Å². The molecule has 2 N–H and O–H groups in total. The summed E-state index contributed by atoms with van der Waals surface area (Å²) in [5.41, 5.74) is 7.14. The van der Waals surface area contributed by atoms with Gasteiger partial charge >= 0.3 is 0 Å². The van der Waals surface area contributed by atoms with Crippen LogP contribution in [0.3, 0.4) is 0 Å². The number of hydrogen-bond donors (Lipinski definition) is 2. The summed E-state index contributed by atoms with van der Waals surface area (Å²) in [6, 6.07) is 14.3. The molecule has 1 aromatic heterocycles. The van der Waals surface area contributed by atoms with E-state index in [2.05, 4.69) is 55.7 Å². The fraction of sp³-hybridized carbons (Fsp3) is 0.360. The van der Waals surface area contributed by atoms with Gasteiger partial charge in [-0.3, -0.25) is 4.79 Å². The Morgan fingerprint density at radius 3 is 2.53 bits per heavy atom. The largest absolute Gasteiger partial charge is 0.322 e. The SMILES string of the molecule is CCc1cccc(NC(=O)c2cnn(-c3c(C)cccc3C)c2C2CCNCC2)c1. The number of piperidine rings is 1. The van der Waals surface area contributed by atoms with Gasteiger partial charge in [0.2, 0.25) is 0 Å². The quantitative estimate of drug-likeness (QED) is 0.646. The van der Waals surface area contributed by atoms with Gasteiger partial charge in [-0.1, -0.05) is 37.3 Å². The van der Waals surface area contributed by atoms with Crippen molar-refractivity contribution in [2.45, 2.75) is 46.0 Å². The molecule has 30 heavy (non-hydrogen) atoms. The van der Waals surface area contributed by atoms with Crippen LogP contribution < -0.4 is 10.6 Å². The first-order valence-electron chi connectivity index (χ1n) is 10.8. The van der Waals surface area contributed by atoms with Crippen molar-refractivity contribution < 1.29 is 4.79 Å². The molecule has 2 heterocycles. The summed E-state index contributed by atoms with van der Waals surface area (Å²) in [5.74, 6) is 0.213. The molecule has 0 bridgehead atoms. The van der Waals surface area contributed by atoms with Gasteiger partial charge in [0.25, 0.3) is 5.91 Å². The molecule has 4 rings (SSSR count). The number of aryl methyl sites for hydroxylation is 3. The van der Waals surface area contributed by atoms with Gasteiger partial charge in [0, 0.05) is 11.6 Å². The number of nitrogens with zero attached hydrogens (tertiary/aromatic N) is 2. The summed E-state index contributed by atoms with van der Waals surface area (Å²) in [5, 5.41) is 11.2. The van der Waals surface area contributed by atoms with Crippen LogP contribution in [0.1, 0.15) is 58.4 Å². The minimum atomic E-state index is -0.0886. The minimum Gasteiger partial charge on any atom is -0.322 e. The van der Waals surface area contributed by atoms with Crippen LogP contribution in [0, 0.1) is 13.8 Å². The van der Waals surface area contributed by atoms with Crippen LogP contribution in [0.15, 0.2) is 48.7 Å². The van der Waals surface area contributed by atoms with Gasteiger partial charge in [0.1, 0.15) is 0 Å². The molecular formula is C25H30N4O. The third-order valence-corrected chi connectivity index (χ3v) is 6.02. The number of carbonyl (C=O) groups excluding carboxylic acids is 1. The predicted molar refractivity (Wildman–Crippen MR) is 122 cm³/mol. The average Bonchev–Trinajstić information content (AvgIpc) is 3.19. The normalized spacial score (nSPS) is 14.6. The molecule has 0 spiro atoms. The molecule has 1 aliphatic rings. The summed E-state index contributed by atoms with van der Waals surface area (Å²) in [6.45, 7) is 8.24. The smallest absolute Gasteiger partial charge is 0.259 e. The molecule has 1 aliphatic heterocycles. The fourth-order valence-corrected chi connectivity index (χ4v) is 4.41. The number of benzene rings is 2. The van der Waals surface area contributed by atoms with E-state index in [4.69, 9.17) is 5.10 Å². The van der Waals surface area contributed by atoms with Crippen molar-refractivity contribution in [2.24, 2.45) is 0 Å². The topological polar surface area (TPSA) is 59.0 Å². The van der Waals surface area contributed by atoms with Gasteiger partial charge in [-0.2, -0.15) is 5.10 Å². The van der Waals surface area contributed by atoms with E-state index in [-0.39, 0.29) is 5.91 Å². The second-order valence-corrected chi connectivity index (χ2v) is 8.13. The van der Waals surface area contributed by atoms with E-state index in [1.807, 2.05) is 22.9 Å².